The van der Waals surface area contributed by atoms with Gasteiger partial charge in [0.05, 0.1) is 10.9 Å². The van der Waals surface area contributed by atoms with E-state index in [0.29, 0.717) is 24.4 Å². The van der Waals surface area contributed by atoms with Crippen molar-refractivity contribution >= 4 is 37.4 Å². The highest BCUT2D eigenvalue weighted by Gasteiger charge is 2.45. The third-order valence-electron chi connectivity index (χ3n) is 6.53. The van der Waals surface area contributed by atoms with E-state index in [-0.39, 0.29) is 23.7 Å². The van der Waals surface area contributed by atoms with Gasteiger partial charge >= 0.3 is 0 Å². The van der Waals surface area contributed by atoms with Gasteiger partial charge in [0, 0.05) is 35.6 Å². The highest BCUT2D eigenvalue weighted by atomic mass is 79.9. The van der Waals surface area contributed by atoms with E-state index in [1.54, 1.807) is 16.4 Å². The largest absolute Gasteiger partial charge is 0.378 e. The van der Waals surface area contributed by atoms with Crippen molar-refractivity contribution in [2.45, 2.75) is 42.5 Å². The maximum Gasteiger partial charge on any atom is 0.243 e. The Kier molecular flexibility index (Phi) is 4.80. The molecule has 0 spiro atoms. The molecule has 152 valence electrons. The number of sulfonamides is 1. The Morgan fingerprint density at radius 2 is 1.76 bits per heavy atom. The summed E-state index contributed by atoms with van der Waals surface area (Å²) < 4.78 is 28.6. The van der Waals surface area contributed by atoms with Crippen LogP contribution in [0.25, 0.3) is 0 Å². The van der Waals surface area contributed by atoms with Gasteiger partial charge in [0.15, 0.2) is 0 Å². The van der Waals surface area contributed by atoms with E-state index in [0.717, 1.165) is 40.5 Å². The molecule has 3 atom stereocenters. The van der Waals surface area contributed by atoms with Crippen LogP contribution in [0.2, 0.25) is 0 Å². The third kappa shape index (κ3) is 3.23. The van der Waals surface area contributed by atoms with E-state index in [2.05, 4.69) is 33.4 Å². The summed E-state index contributed by atoms with van der Waals surface area (Å²) in [6.45, 7) is 1.16. The Balaban J connectivity index is 1.56. The third-order valence-corrected chi connectivity index (χ3v) is 8.95. The molecular weight excluding hydrogens is 452 g/mol. The van der Waals surface area contributed by atoms with Crippen molar-refractivity contribution in [3.8, 4) is 0 Å². The minimum atomic E-state index is -3.50. The van der Waals surface area contributed by atoms with Crippen LogP contribution in [0, 0.1) is 5.92 Å². The summed E-state index contributed by atoms with van der Waals surface area (Å²) in [5.41, 5.74) is 2.86. The molecule has 2 heterocycles. The van der Waals surface area contributed by atoms with Crippen LogP contribution in [0.4, 0.5) is 5.69 Å². The number of carbonyl (C=O) groups is 1. The Morgan fingerprint density at radius 1 is 1.03 bits per heavy atom. The summed E-state index contributed by atoms with van der Waals surface area (Å²) in [6.07, 6.45) is 3.18. The zero-order valence-corrected chi connectivity index (χ0v) is 18.4. The van der Waals surface area contributed by atoms with Crippen LogP contribution in [0.5, 0.6) is 0 Å². The van der Waals surface area contributed by atoms with Gasteiger partial charge in [-0.25, -0.2) is 8.42 Å². The van der Waals surface area contributed by atoms with Crippen molar-refractivity contribution in [3.63, 3.8) is 0 Å². The van der Waals surface area contributed by atoms with Gasteiger partial charge in [-0.05, 0) is 66.6 Å². The molecule has 2 fully saturated rings. The molecule has 2 aliphatic heterocycles. The number of anilines is 1. The first kappa shape index (κ1) is 19.3. The summed E-state index contributed by atoms with van der Waals surface area (Å²) >= 11 is 3.48. The molecule has 1 saturated carbocycles. The number of nitrogens with one attached hydrogen (secondary N) is 1. The number of halogens is 1. The van der Waals surface area contributed by atoms with Gasteiger partial charge in [-0.1, -0.05) is 28.1 Å². The topological polar surface area (TPSA) is 66.5 Å². The average molecular weight is 475 g/mol. The SMILES string of the molecule is O=C1CC[C@@H]2[C@H](c3ccc(Br)cc3)Nc3ccc(S(=O)(=O)N4CCCC4)cc3[C@H]12. The summed E-state index contributed by atoms with van der Waals surface area (Å²) in [7, 11) is -3.50. The standard InChI is InChI=1S/C22H23BrN2O3S/c23-15-5-3-14(4-6-15)22-17-8-10-20(26)21(17)18-13-16(7-9-19(18)24-22)29(27,28)25-11-1-2-12-25/h3-7,9,13,17,21-22,24H,1-2,8,10-12H2/t17-,21+,22-/m0/s1. The molecule has 1 N–H and O–H groups in total. The number of fused-ring (bicyclic) bond motifs is 3. The lowest BCUT2D eigenvalue weighted by Crippen LogP contribution is -2.32. The van der Waals surface area contributed by atoms with Crippen molar-refractivity contribution in [1.29, 1.82) is 0 Å². The van der Waals surface area contributed by atoms with E-state index in [1.165, 1.54) is 0 Å². The van der Waals surface area contributed by atoms with Crippen LogP contribution < -0.4 is 5.32 Å². The van der Waals surface area contributed by atoms with Gasteiger partial charge in [0.1, 0.15) is 5.78 Å². The molecule has 7 heteroatoms. The maximum atomic E-state index is 13.0. The second-order valence-electron chi connectivity index (χ2n) is 8.18. The molecule has 0 radical (unpaired) electrons. The van der Waals surface area contributed by atoms with Crippen molar-refractivity contribution in [2.24, 2.45) is 5.92 Å². The molecule has 5 nitrogen and oxygen atoms in total. The van der Waals surface area contributed by atoms with E-state index in [9.17, 15) is 13.2 Å². The lowest BCUT2D eigenvalue weighted by atomic mass is 9.77. The summed E-state index contributed by atoms with van der Waals surface area (Å²) in [6, 6.07) is 13.5. The average Bonchev–Trinajstić information content (AvgIpc) is 3.39. The molecule has 1 aliphatic carbocycles. The highest BCUT2D eigenvalue weighted by Crippen LogP contribution is 2.51. The quantitative estimate of drug-likeness (QED) is 0.712. The van der Waals surface area contributed by atoms with Gasteiger partial charge in [-0.2, -0.15) is 4.31 Å². The van der Waals surface area contributed by atoms with Crippen LogP contribution >= 0.6 is 15.9 Å². The molecule has 29 heavy (non-hydrogen) atoms. The fraction of sp³-hybridized carbons (Fsp3) is 0.409. The van der Waals surface area contributed by atoms with Gasteiger partial charge in [-0.3, -0.25) is 4.79 Å². The minimum absolute atomic E-state index is 0.0492. The number of carbonyl (C=O) groups excluding carboxylic acids is 1. The van der Waals surface area contributed by atoms with Crippen molar-refractivity contribution in [3.05, 3.63) is 58.1 Å². The zero-order chi connectivity index (χ0) is 20.2. The van der Waals surface area contributed by atoms with Crippen molar-refractivity contribution in [1.82, 2.24) is 4.31 Å². The lowest BCUT2D eigenvalue weighted by Gasteiger charge is -2.37. The normalized spacial score (nSPS) is 26.8. The molecule has 3 aliphatic rings. The molecule has 0 bridgehead atoms. The molecular formula is C22H23BrN2O3S. The summed E-state index contributed by atoms with van der Waals surface area (Å²) in [4.78, 5) is 13.1. The Bertz CT molecular complexity index is 1060. The van der Waals surface area contributed by atoms with Crippen molar-refractivity contribution in [2.75, 3.05) is 18.4 Å². The molecule has 5 rings (SSSR count). The van der Waals surface area contributed by atoms with Crippen LogP contribution in [0.15, 0.2) is 51.8 Å². The molecule has 1 saturated heterocycles. The summed E-state index contributed by atoms with van der Waals surface area (Å²) in [5, 5.41) is 3.60. The predicted molar refractivity (Wildman–Crippen MR) is 115 cm³/mol. The number of benzene rings is 2. The number of nitrogens with zero attached hydrogens (tertiary/aromatic N) is 1. The molecule has 0 amide bonds. The molecule has 2 aromatic carbocycles. The Hall–Kier alpha value is -1.70. The van der Waals surface area contributed by atoms with E-state index >= 15 is 0 Å². The first-order valence-corrected chi connectivity index (χ1v) is 12.4. The Labute approximate surface area is 179 Å². The smallest absolute Gasteiger partial charge is 0.243 e. The number of ketones is 1. The number of hydrogen-bond acceptors (Lipinski definition) is 4. The number of rotatable bonds is 3. The van der Waals surface area contributed by atoms with E-state index in [4.69, 9.17) is 0 Å². The first-order valence-electron chi connectivity index (χ1n) is 10.1. The van der Waals surface area contributed by atoms with Gasteiger partial charge in [0.2, 0.25) is 10.0 Å². The minimum Gasteiger partial charge on any atom is -0.378 e. The van der Waals surface area contributed by atoms with Crippen LogP contribution in [0.1, 0.15) is 48.8 Å². The van der Waals surface area contributed by atoms with Gasteiger partial charge < -0.3 is 5.32 Å². The van der Waals surface area contributed by atoms with Crippen LogP contribution in [-0.4, -0.2) is 31.6 Å². The molecule has 0 aromatic heterocycles. The van der Waals surface area contributed by atoms with E-state index < -0.39 is 10.0 Å². The van der Waals surface area contributed by atoms with Gasteiger partial charge in [0.25, 0.3) is 0 Å². The first-order chi connectivity index (χ1) is 13.9. The van der Waals surface area contributed by atoms with E-state index in [1.807, 2.05) is 18.2 Å². The fourth-order valence-electron chi connectivity index (χ4n) is 5.08. The lowest BCUT2D eigenvalue weighted by molar-refractivity contribution is -0.119. The number of Topliss-reactive ketones (excluding diaryl/α,β-unsaturated/α-hetero) is 1. The number of hydrogen-bond donors (Lipinski definition) is 1. The predicted octanol–water partition coefficient (Wildman–Crippen LogP) is 4.46. The van der Waals surface area contributed by atoms with Crippen molar-refractivity contribution < 1.29 is 13.2 Å². The second kappa shape index (κ2) is 7.22. The van der Waals surface area contributed by atoms with Crippen LogP contribution in [-0.2, 0) is 14.8 Å². The molecule has 0 unspecified atom stereocenters. The Morgan fingerprint density at radius 3 is 2.48 bits per heavy atom. The second-order valence-corrected chi connectivity index (χ2v) is 11.0. The maximum absolute atomic E-state index is 13.0. The van der Waals surface area contributed by atoms with Crippen LogP contribution in [0.3, 0.4) is 0 Å². The van der Waals surface area contributed by atoms with Gasteiger partial charge in [-0.15, -0.1) is 0 Å². The summed E-state index contributed by atoms with van der Waals surface area (Å²) in [5.74, 6) is 0.116. The zero-order valence-electron chi connectivity index (χ0n) is 16.0. The highest BCUT2D eigenvalue weighted by molar-refractivity contribution is 9.10. The molecule has 2 aromatic rings. The monoisotopic (exact) mass is 474 g/mol. The fourth-order valence-corrected chi connectivity index (χ4v) is 6.89.